The van der Waals surface area contributed by atoms with Gasteiger partial charge in [0.2, 0.25) is 0 Å². The topological polar surface area (TPSA) is 12.9 Å². The Morgan fingerprint density at radius 1 is 0.435 bits per heavy atom. The van der Waals surface area contributed by atoms with Crippen molar-refractivity contribution in [1.82, 2.24) is 4.98 Å². The molecule has 0 radical (unpaired) electrons. The summed E-state index contributed by atoms with van der Waals surface area (Å²) in [5.41, 5.74) is 4.08. The molecule has 6 rings (SSSR count). The molecule has 1 heterocycles. The van der Waals surface area contributed by atoms with E-state index in [9.17, 15) is 26.3 Å². The smallest absolute Gasteiger partial charge is 0.256 e. The van der Waals surface area contributed by atoms with Crippen molar-refractivity contribution in [2.75, 3.05) is 0 Å². The molecule has 0 spiro atoms. The lowest BCUT2D eigenvalue weighted by Gasteiger charge is -2.16. The quantitative estimate of drug-likeness (QED) is 0.135. The minimum Gasteiger partial charge on any atom is -0.256 e. The van der Waals surface area contributed by atoms with Crippen molar-refractivity contribution in [3.05, 3.63) is 133 Å². The summed E-state index contributed by atoms with van der Waals surface area (Å²) in [6.07, 6.45) is -7.99. The number of halogens is 6. The van der Waals surface area contributed by atoms with Crippen molar-refractivity contribution in [3.8, 4) is 44.5 Å². The molecule has 0 aliphatic heterocycles. The van der Waals surface area contributed by atoms with E-state index in [2.05, 4.69) is 79.2 Å². The van der Waals surface area contributed by atoms with Gasteiger partial charge in [-0.2, -0.15) is 26.3 Å². The second kappa shape index (κ2) is 11.6. The van der Waals surface area contributed by atoms with E-state index in [-0.39, 0.29) is 17.2 Å². The largest absolute Gasteiger partial charge is 0.416 e. The number of nitrogens with zero attached hydrogens (tertiary/aromatic N) is 1. The number of hydrogen-bond donors (Lipinski definition) is 0. The van der Waals surface area contributed by atoms with E-state index in [4.69, 9.17) is 0 Å². The average Bonchev–Trinajstić information content (AvgIpc) is 3.03. The van der Waals surface area contributed by atoms with E-state index in [1.54, 1.807) is 12.1 Å². The summed E-state index contributed by atoms with van der Waals surface area (Å²) in [7, 11) is -1.35. The number of rotatable bonds is 5. The molecule has 0 unspecified atom stereocenters. The molecular formula is C38H29F6NSi. The fraction of sp³-hybridized carbons (Fsp3) is 0.132. The zero-order chi connectivity index (χ0) is 32.9. The Labute approximate surface area is 264 Å². The van der Waals surface area contributed by atoms with Gasteiger partial charge in [0.25, 0.3) is 0 Å². The third-order valence-corrected chi connectivity index (χ3v) is 10.2. The molecule has 6 aromatic rings. The van der Waals surface area contributed by atoms with Crippen molar-refractivity contribution in [2.24, 2.45) is 0 Å². The molecule has 0 saturated heterocycles. The first-order valence-corrected chi connectivity index (χ1v) is 18.2. The van der Waals surface area contributed by atoms with Crippen LogP contribution in [0.1, 0.15) is 11.1 Å². The van der Waals surface area contributed by atoms with Crippen molar-refractivity contribution < 1.29 is 26.3 Å². The Morgan fingerprint density at radius 3 is 1.33 bits per heavy atom. The van der Waals surface area contributed by atoms with Crippen molar-refractivity contribution in [2.45, 2.75) is 32.0 Å². The molecule has 1 nitrogen and oxygen atoms in total. The molecule has 0 N–H and O–H groups in total. The van der Waals surface area contributed by atoms with E-state index >= 15 is 0 Å². The van der Waals surface area contributed by atoms with Gasteiger partial charge in [0.15, 0.2) is 0 Å². The molecule has 0 atom stereocenters. The van der Waals surface area contributed by atoms with Crippen molar-refractivity contribution in [3.63, 3.8) is 0 Å². The van der Waals surface area contributed by atoms with Crippen LogP contribution in [0, 0.1) is 0 Å². The molecule has 5 aromatic carbocycles. The highest BCUT2D eigenvalue weighted by Gasteiger charge is 2.37. The van der Waals surface area contributed by atoms with Crippen LogP contribution in [0.5, 0.6) is 0 Å². The van der Waals surface area contributed by atoms with Gasteiger partial charge in [-0.1, -0.05) is 110 Å². The maximum Gasteiger partial charge on any atom is 0.416 e. The Morgan fingerprint density at radius 2 is 0.848 bits per heavy atom. The number of benzene rings is 5. The molecule has 8 heteroatoms. The van der Waals surface area contributed by atoms with Crippen LogP contribution >= 0.6 is 0 Å². The van der Waals surface area contributed by atoms with Gasteiger partial charge in [-0.3, -0.25) is 4.98 Å². The summed E-state index contributed by atoms with van der Waals surface area (Å²) < 4.78 is 80.0. The molecule has 46 heavy (non-hydrogen) atoms. The fourth-order valence-corrected chi connectivity index (χ4v) is 6.62. The maximum absolute atomic E-state index is 13.3. The van der Waals surface area contributed by atoms with Gasteiger partial charge >= 0.3 is 12.4 Å². The SMILES string of the molecule is C[Si](C)(C)c1ccc(-c2ccc(-c3cnc4cc(-c5ccc(-c6cc(C(F)(F)F)cc(C(F)(F)F)c6)cc5)ccc4c3)cc2)cc1. The van der Waals surface area contributed by atoms with E-state index in [1.165, 1.54) is 22.9 Å². The summed E-state index contributed by atoms with van der Waals surface area (Å²) in [5, 5.41) is 2.36. The predicted octanol–water partition coefficient (Wildman–Crippen LogP) is 11.5. The first kappa shape index (κ1) is 31.3. The summed E-state index contributed by atoms with van der Waals surface area (Å²) in [4.78, 5) is 4.68. The lowest BCUT2D eigenvalue weighted by atomic mass is 9.96. The van der Waals surface area contributed by atoms with E-state index in [0.29, 0.717) is 0 Å². The first-order valence-electron chi connectivity index (χ1n) is 14.7. The summed E-state index contributed by atoms with van der Waals surface area (Å²) in [5.74, 6) is 0. The summed E-state index contributed by atoms with van der Waals surface area (Å²) in [6, 6.07) is 33.1. The molecule has 0 fully saturated rings. The van der Waals surface area contributed by atoms with Crippen molar-refractivity contribution in [1.29, 1.82) is 0 Å². The normalized spacial score (nSPS) is 12.5. The number of pyridine rings is 1. The minimum atomic E-state index is -4.91. The first-order chi connectivity index (χ1) is 21.6. The van der Waals surface area contributed by atoms with E-state index in [1.807, 2.05) is 24.4 Å². The number of fused-ring (bicyclic) bond motifs is 1. The number of hydrogen-bond acceptors (Lipinski definition) is 1. The lowest BCUT2D eigenvalue weighted by Crippen LogP contribution is -2.37. The summed E-state index contributed by atoms with van der Waals surface area (Å²) in [6.45, 7) is 7.00. The summed E-state index contributed by atoms with van der Waals surface area (Å²) >= 11 is 0. The van der Waals surface area contributed by atoms with Crippen LogP contribution in [0.4, 0.5) is 26.3 Å². The third-order valence-electron chi connectivity index (χ3n) is 8.13. The third kappa shape index (κ3) is 6.63. The number of alkyl halides is 6. The molecule has 1 aromatic heterocycles. The van der Waals surface area contributed by atoms with E-state index in [0.717, 1.165) is 50.9 Å². The molecule has 232 valence electrons. The standard InChI is InChI=1S/C38H29F6NSi/c1-46(2,3)35-16-14-25(15-17-35)24-4-10-28(11-5-24)32-18-30-13-12-29(21-36(30)45-23-32)26-6-8-27(9-7-26)31-19-33(37(39,40)41)22-34(20-31)38(42,43)44/h4-23H,1-3H3. The Bertz CT molecular complexity index is 1990. The zero-order valence-corrected chi connectivity index (χ0v) is 26.3. The van der Waals surface area contributed by atoms with Gasteiger partial charge in [0.05, 0.1) is 24.7 Å². The van der Waals surface area contributed by atoms with Crippen LogP contribution in [-0.2, 0) is 12.4 Å². The Kier molecular flexibility index (Phi) is 7.88. The highest BCUT2D eigenvalue weighted by Crippen LogP contribution is 2.39. The van der Waals surface area contributed by atoms with Gasteiger partial charge in [0.1, 0.15) is 0 Å². The minimum absolute atomic E-state index is 0.133. The highest BCUT2D eigenvalue weighted by molar-refractivity contribution is 6.88. The number of aromatic nitrogens is 1. The molecule has 0 saturated carbocycles. The van der Waals surface area contributed by atoms with Crippen LogP contribution < -0.4 is 5.19 Å². The molecular weight excluding hydrogens is 612 g/mol. The molecule has 0 bridgehead atoms. The Balaban J connectivity index is 1.23. The van der Waals surface area contributed by atoms with Crippen molar-refractivity contribution >= 4 is 24.2 Å². The van der Waals surface area contributed by atoms with Crippen LogP contribution in [0.3, 0.4) is 0 Å². The molecule has 0 aliphatic carbocycles. The monoisotopic (exact) mass is 641 g/mol. The van der Waals surface area contributed by atoms with Gasteiger partial charge in [-0.15, -0.1) is 0 Å². The second-order valence-electron chi connectivity index (χ2n) is 12.4. The fourth-order valence-electron chi connectivity index (χ4n) is 5.45. The van der Waals surface area contributed by atoms with E-state index < -0.39 is 31.6 Å². The predicted molar refractivity (Wildman–Crippen MR) is 176 cm³/mol. The van der Waals surface area contributed by atoms with Crippen LogP contribution in [0.25, 0.3) is 55.4 Å². The molecule has 0 aliphatic rings. The maximum atomic E-state index is 13.3. The molecule has 0 amide bonds. The van der Waals surface area contributed by atoms with Gasteiger partial charge in [0, 0.05) is 17.1 Å². The average molecular weight is 642 g/mol. The second-order valence-corrected chi connectivity index (χ2v) is 17.5. The Hall–Kier alpha value is -4.69. The van der Waals surface area contributed by atoms with Gasteiger partial charge in [-0.25, -0.2) is 0 Å². The van der Waals surface area contributed by atoms with Crippen LogP contribution in [0.15, 0.2) is 121 Å². The van der Waals surface area contributed by atoms with Crippen LogP contribution in [-0.4, -0.2) is 13.1 Å². The van der Waals surface area contributed by atoms with Crippen LogP contribution in [0.2, 0.25) is 19.6 Å². The zero-order valence-electron chi connectivity index (χ0n) is 25.3. The lowest BCUT2D eigenvalue weighted by molar-refractivity contribution is -0.143. The highest BCUT2D eigenvalue weighted by atomic mass is 28.3. The van der Waals surface area contributed by atoms with Gasteiger partial charge in [-0.05, 0) is 69.3 Å². The van der Waals surface area contributed by atoms with Gasteiger partial charge < -0.3 is 0 Å².